The molecule has 0 aromatic heterocycles. The van der Waals surface area contributed by atoms with Crippen molar-refractivity contribution in [3.8, 4) is 6.07 Å². The molecule has 1 N–H and O–H groups in total. The molecule has 3 saturated heterocycles. The minimum absolute atomic E-state index is 0.0252. The third-order valence-electron chi connectivity index (χ3n) is 6.69. The zero-order chi connectivity index (χ0) is 25.2. The van der Waals surface area contributed by atoms with E-state index >= 15 is 0 Å². The SMILES string of the molecule is Cc1c(N2C(=O)C3C4CC(CN4C(=O)Nc4cccc(C(F)(F)F)c4)N3C2=O)ccc(C#N)c1Cl. The fourth-order valence-electron chi connectivity index (χ4n) is 5.08. The molecule has 5 rings (SSSR count). The highest BCUT2D eigenvalue weighted by molar-refractivity contribution is 6.33. The molecular formula is C23H17ClF3N5O3. The maximum atomic E-state index is 13.4. The van der Waals surface area contributed by atoms with E-state index in [0.717, 1.165) is 17.0 Å². The van der Waals surface area contributed by atoms with E-state index in [4.69, 9.17) is 16.9 Å². The maximum absolute atomic E-state index is 13.4. The van der Waals surface area contributed by atoms with E-state index in [2.05, 4.69) is 5.32 Å². The molecule has 3 aliphatic heterocycles. The Labute approximate surface area is 202 Å². The van der Waals surface area contributed by atoms with Gasteiger partial charge in [0.2, 0.25) is 0 Å². The van der Waals surface area contributed by atoms with Crippen molar-refractivity contribution in [1.29, 1.82) is 5.26 Å². The van der Waals surface area contributed by atoms with Gasteiger partial charge in [-0.15, -0.1) is 0 Å². The second kappa shape index (κ2) is 7.88. The predicted octanol–water partition coefficient (Wildman–Crippen LogP) is 4.36. The number of urea groups is 2. The first-order valence-corrected chi connectivity index (χ1v) is 11.0. The molecule has 2 aromatic carbocycles. The van der Waals surface area contributed by atoms with Crippen LogP contribution in [0.4, 0.5) is 34.1 Å². The zero-order valence-electron chi connectivity index (χ0n) is 18.1. The van der Waals surface area contributed by atoms with Crippen molar-refractivity contribution in [2.24, 2.45) is 0 Å². The number of carbonyl (C=O) groups excluding carboxylic acids is 3. The molecule has 0 spiro atoms. The summed E-state index contributed by atoms with van der Waals surface area (Å²) in [6.45, 7) is 1.75. The number of nitriles is 1. The van der Waals surface area contributed by atoms with Gasteiger partial charge in [-0.05, 0) is 49.2 Å². The molecule has 3 unspecified atom stereocenters. The number of anilines is 2. The lowest BCUT2D eigenvalue weighted by Gasteiger charge is -2.34. The molecule has 3 aliphatic rings. The maximum Gasteiger partial charge on any atom is 0.416 e. The number of nitrogens with zero attached hydrogens (tertiary/aromatic N) is 4. The first-order chi connectivity index (χ1) is 16.5. The number of likely N-dealkylation sites (tertiary alicyclic amines) is 1. The molecule has 0 saturated carbocycles. The second-order valence-corrected chi connectivity index (χ2v) is 8.99. The third kappa shape index (κ3) is 3.47. The zero-order valence-corrected chi connectivity index (χ0v) is 18.9. The van der Waals surface area contributed by atoms with Crippen LogP contribution in [0.25, 0.3) is 0 Å². The second-order valence-electron chi connectivity index (χ2n) is 8.61. The van der Waals surface area contributed by atoms with Gasteiger partial charge in [0.05, 0.1) is 33.9 Å². The summed E-state index contributed by atoms with van der Waals surface area (Å²) in [4.78, 5) is 43.3. The molecular weight excluding hydrogens is 487 g/mol. The summed E-state index contributed by atoms with van der Waals surface area (Å²) < 4.78 is 39.0. The smallest absolute Gasteiger partial charge is 0.317 e. The number of nitrogens with one attached hydrogen (secondary N) is 1. The number of hydrogen-bond donors (Lipinski definition) is 1. The number of alkyl halides is 3. The highest BCUT2D eigenvalue weighted by Crippen LogP contribution is 2.44. The van der Waals surface area contributed by atoms with E-state index < -0.39 is 47.8 Å². The minimum Gasteiger partial charge on any atom is -0.317 e. The van der Waals surface area contributed by atoms with Crippen LogP contribution in [0.5, 0.6) is 0 Å². The number of carbonyl (C=O) groups is 3. The van der Waals surface area contributed by atoms with Crippen LogP contribution in [-0.2, 0) is 11.0 Å². The quantitative estimate of drug-likeness (QED) is 0.616. The Morgan fingerprint density at radius 3 is 2.66 bits per heavy atom. The van der Waals surface area contributed by atoms with Gasteiger partial charge in [-0.2, -0.15) is 18.4 Å². The number of hydrogen-bond acceptors (Lipinski definition) is 4. The van der Waals surface area contributed by atoms with Crippen LogP contribution in [0.3, 0.4) is 0 Å². The van der Waals surface area contributed by atoms with Crippen LogP contribution in [0.15, 0.2) is 36.4 Å². The molecule has 3 fully saturated rings. The lowest BCUT2D eigenvalue weighted by molar-refractivity contribution is -0.137. The Kier molecular flexibility index (Phi) is 5.18. The molecule has 35 heavy (non-hydrogen) atoms. The van der Waals surface area contributed by atoms with Crippen molar-refractivity contribution >= 4 is 40.9 Å². The van der Waals surface area contributed by atoms with Crippen LogP contribution < -0.4 is 10.2 Å². The van der Waals surface area contributed by atoms with Gasteiger partial charge in [0.25, 0.3) is 5.91 Å². The summed E-state index contributed by atoms with van der Waals surface area (Å²) in [7, 11) is 0. The molecule has 3 atom stereocenters. The van der Waals surface area contributed by atoms with Crippen LogP contribution in [0.2, 0.25) is 5.02 Å². The molecule has 8 nitrogen and oxygen atoms in total. The average Bonchev–Trinajstić information content (AvgIpc) is 3.47. The molecule has 0 aliphatic carbocycles. The van der Waals surface area contributed by atoms with Crippen molar-refractivity contribution in [2.75, 3.05) is 16.8 Å². The Hall–Kier alpha value is -3.78. The van der Waals surface area contributed by atoms with Crippen molar-refractivity contribution in [1.82, 2.24) is 9.80 Å². The predicted molar refractivity (Wildman–Crippen MR) is 119 cm³/mol. The number of amides is 5. The summed E-state index contributed by atoms with van der Waals surface area (Å²) in [6.07, 6.45) is -4.17. The highest BCUT2D eigenvalue weighted by Gasteiger charge is 2.63. The van der Waals surface area contributed by atoms with E-state index in [1.54, 1.807) is 6.92 Å². The first-order valence-electron chi connectivity index (χ1n) is 10.6. The van der Waals surface area contributed by atoms with Crippen LogP contribution in [0, 0.1) is 18.3 Å². The molecule has 2 bridgehead atoms. The lowest BCUT2D eigenvalue weighted by atomic mass is 10.1. The summed E-state index contributed by atoms with van der Waals surface area (Å²) in [5.41, 5.74) is -0.0429. The van der Waals surface area contributed by atoms with Gasteiger partial charge in [0, 0.05) is 12.2 Å². The van der Waals surface area contributed by atoms with E-state index in [0.29, 0.717) is 12.0 Å². The number of benzene rings is 2. The van der Waals surface area contributed by atoms with E-state index in [-0.39, 0.29) is 28.5 Å². The van der Waals surface area contributed by atoms with Gasteiger partial charge >= 0.3 is 18.2 Å². The lowest BCUT2D eigenvalue weighted by Crippen LogP contribution is -2.55. The van der Waals surface area contributed by atoms with Crippen molar-refractivity contribution in [3.63, 3.8) is 0 Å². The van der Waals surface area contributed by atoms with Gasteiger partial charge in [-0.3, -0.25) is 4.79 Å². The van der Waals surface area contributed by atoms with Crippen LogP contribution >= 0.6 is 11.6 Å². The Morgan fingerprint density at radius 2 is 1.97 bits per heavy atom. The van der Waals surface area contributed by atoms with Gasteiger partial charge < -0.3 is 15.1 Å². The average molecular weight is 504 g/mol. The van der Waals surface area contributed by atoms with E-state index in [9.17, 15) is 27.6 Å². The summed E-state index contributed by atoms with van der Waals surface area (Å²) in [5, 5.41) is 11.8. The number of fused-ring (bicyclic) bond motifs is 5. The topological polar surface area (TPSA) is 96.8 Å². The third-order valence-corrected chi connectivity index (χ3v) is 7.17. The molecule has 3 heterocycles. The Bertz CT molecular complexity index is 1320. The minimum atomic E-state index is -4.56. The van der Waals surface area contributed by atoms with Crippen molar-refractivity contribution in [2.45, 2.75) is 37.6 Å². The number of rotatable bonds is 2. The fourth-order valence-corrected chi connectivity index (χ4v) is 5.29. The number of halogens is 4. The summed E-state index contributed by atoms with van der Waals surface area (Å²) in [5.74, 6) is -0.525. The van der Waals surface area contributed by atoms with E-state index in [1.165, 1.54) is 34.1 Å². The monoisotopic (exact) mass is 503 g/mol. The van der Waals surface area contributed by atoms with Crippen molar-refractivity contribution in [3.05, 3.63) is 58.1 Å². The van der Waals surface area contributed by atoms with Gasteiger partial charge in [0.1, 0.15) is 12.1 Å². The van der Waals surface area contributed by atoms with Gasteiger partial charge in [-0.1, -0.05) is 17.7 Å². The first kappa shape index (κ1) is 23.0. The number of piperazine rings is 1. The number of imide groups is 1. The van der Waals surface area contributed by atoms with Crippen LogP contribution in [0.1, 0.15) is 23.1 Å². The largest absolute Gasteiger partial charge is 0.416 e. The van der Waals surface area contributed by atoms with Gasteiger partial charge in [-0.25, -0.2) is 14.5 Å². The molecule has 180 valence electrons. The van der Waals surface area contributed by atoms with Crippen molar-refractivity contribution < 1.29 is 27.6 Å². The molecule has 12 heteroatoms. The van der Waals surface area contributed by atoms with Gasteiger partial charge in [0.15, 0.2) is 0 Å². The van der Waals surface area contributed by atoms with E-state index in [1.807, 2.05) is 6.07 Å². The Morgan fingerprint density at radius 1 is 1.23 bits per heavy atom. The molecule has 2 aromatic rings. The summed E-state index contributed by atoms with van der Waals surface area (Å²) in [6, 6.07) is 6.01. The fraction of sp³-hybridized carbons (Fsp3) is 0.304. The highest BCUT2D eigenvalue weighted by atomic mass is 35.5. The normalized spacial score (nSPS) is 23.1. The van der Waals surface area contributed by atoms with Crippen LogP contribution in [-0.4, -0.2) is 52.4 Å². The Balaban J connectivity index is 1.38. The standard InChI is InChI=1S/C23H17ClF3N5O3/c1-11-16(6-5-12(9-28)18(11)24)32-20(33)19-17-8-15(31(19)22(32)35)10-30(17)21(34)29-14-4-2-3-13(7-14)23(25,26)27/h2-7,15,17,19H,8,10H2,1H3,(H,29,34). The molecule has 0 radical (unpaired) electrons. The molecule has 5 amide bonds. The summed E-state index contributed by atoms with van der Waals surface area (Å²) >= 11 is 6.23.